The molecule has 0 aliphatic heterocycles. The molecule has 7 heteroatoms. The van der Waals surface area contributed by atoms with Crippen molar-refractivity contribution in [3.63, 3.8) is 0 Å². The summed E-state index contributed by atoms with van der Waals surface area (Å²) in [4.78, 5) is 12.0. The summed E-state index contributed by atoms with van der Waals surface area (Å²) in [5.41, 5.74) is 0.748. The molecule has 23 heavy (non-hydrogen) atoms. The molecule has 0 saturated carbocycles. The Bertz CT molecular complexity index is 640. The first kappa shape index (κ1) is 17.3. The van der Waals surface area contributed by atoms with Crippen LogP contribution in [0.2, 0.25) is 0 Å². The van der Waals surface area contributed by atoms with Gasteiger partial charge in [-0.2, -0.15) is 0 Å². The van der Waals surface area contributed by atoms with Gasteiger partial charge in [-0.15, -0.1) is 10.2 Å². The summed E-state index contributed by atoms with van der Waals surface area (Å²) in [6.07, 6.45) is 3.13. The summed E-state index contributed by atoms with van der Waals surface area (Å²) in [7, 11) is 3.55. The van der Waals surface area contributed by atoms with E-state index < -0.39 is 0 Å². The number of hydrogen-bond donors (Lipinski definition) is 1. The van der Waals surface area contributed by atoms with Crippen LogP contribution in [0.15, 0.2) is 29.4 Å². The van der Waals surface area contributed by atoms with E-state index in [4.69, 9.17) is 4.74 Å². The number of hydrogen-bond acceptors (Lipinski definition) is 5. The number of ether oxygens (including phenoxy) is 1. The van der Waals surface area contributed by atoms with E-state index in [0.29, 0.717) is 5.75 Å². The molecule has 0 bridgehead atoms. The Labute approximate surface area is 140 Å². The number of unbranched alkanes of at least 4 members (excludes halogenated alkanes) is 1. The van der Waals surface area contributed by atoms with Gasteiger partial charge in [0.15, 0.2) is 5.16 Å². The molecule has 1 aromatic heterocycles. The minimum atomic E-state index is -0.0710. The van der Waals surface area contributed by atoms with Crippen molar-refractivity contribution in [1.82, 2.24) is 14.8 Å². The summed E-state index contributed by atoms with van der Waals surface area (Å²) in [5.74, 6) is 1.95. The van der Waals surface area contributed by atoms with Crippen LogP contribution in [0.4, 0.5) is 5.69 Å². The summed E-state index contributed by atoms with van der Waals surface area (Å²) in [5, 5.41) is 11.9. The van der Waals surface area contributed by atoms with Crippen molar-refractivity contribution in [3.8, 4) is 5.75 Å². The molecule has 0 aliphatic carbocycles. The van der Waals surface area contributed by atoms with Crippen LogP contribution in [0.5, 0.6) is 5.75 Å². The molecule has 0 fully saturated rings. The standard InChI is InChI=1S/C16H22N4O2S/c1-4-5-6-14-18-19-16(20(14)2)23-11-15(21)17-12-7-9-13(22-3)10-8-12/h7-10H,4-6,11H2,1-3H3,(H,17,21). The van der Waals surface area contributed by atoms with Crippen molar-refractivity contribution < 1.29 is 9.53 Å². The predicted octanol–water partition coefficient (Wildman–Crippen LogP) is 2.90. The van der Waals surface area contributed by atoms with Gasteiger partial charge < -0.3 is 14.6 Å². The third-order valence-electron chi connectivity index (χ3n) is 3.39. The number of thioether (sulfide) groups is 1. The Morgan fingerprint density at radius 3 is 2.70 bits per heavy atom. The van der Waals surface area contributed by atoms with Gasteiger partial charge >= 0.3 is 0 Å². The van der Waals surface area contributed by atoms with Gasteiger partial charge in [-0.3, -0.25) is 4.79 Å². The van der Waals surface area contributed by atoms with Crippen molar-refractivity contribution in [2.75, 3.05) is 18.2 Å². The lowest BCUT2D eigenvalue weighted by Crippen LogP contribution is -2.14. The van der Waals surface area contributed by atoms with Crippen LogP contribution >= 0.6 is 11.8 Å². The van der Waals surface area contributed by atoms with Gasteiger partial charge in [0, 0.05) is 19.2 Å². The molecule has 6 nitrogen and oxygen atoms in total. The van der Waals surface area contributed by atoms with E-state index in [-0.39, 0.29) is 5.91 Å². The monoisotopic (exact) mass is 334 g/mol. The number of aryl methyl sites for hydroxylation is 1. The van der Waals surface area contributed by atoms with Crippen molar-refractivity contribution in [2.45, 2.75) is 31.3 Å². The number of benzene rings is 1. The van der Waals surface area contributed by atoms with Crippen LogP contribution in [0.25, 0.3) is 0 Å². The molecule has 0 aliphatic rings. The molecule has 1 N–H and O–H groups in total. The van der Waals surface area contributed by atoms with Crippen molar-refractivity contribution in [3.05, 3.63) is 30.1 Å². The van der Waals surface area contributed by atoms with Gasteiger partial charge in [0.2, 0.25) is 5.91 Å². The molecule has 124 valence electrons. The number of methoxy groups -OCH3 is 1. The molecule has 1 heterocycles. The number of anilines is 1. The second kappa shape index (κ2) is 8.57. The lowest BCUT2D eigenvalue weighted by molar-refractivity contribution is -0.113. The number of aromatic nitrogens is 3. The number of carbonyl (C=O) groups excluding carboxylic acids is 1. The molecular weight excluding hydrogens is 312 g/mol. The molecule has 1 amide bonds. The third-order valence-corrected chi connectivity index (χ3v) is 4.41. The first-order valence-electron chi connectivity index (χ1n) is 7.59. The highest BCUT2D eigenvalue weighted by molar-refractivity contribution is 7.99. The van der Waals surface area contributed by atoms with Crippen LogP contribution in [0.1, 0.15) is 25.6 Å². The molecular formula is C16H22N4O2S. The van der Waals surface area contributed by atoms with E-state index in [0.717, 1.165) is 41.7 Å². The zero-order valence-corrected chi connectivity index (χ0v) is 14.5. The normalized spacial score (nSPS) is 10.6. The Morgan fingerprint density at radius 2 is 2.04 bits per heavy atom. The zero-order chi connectivity index (χ0) is 16.7. The minimum Gasteiger partial charge on any atom is -0.497 e. The van der Waals surface area contributed by atoms with Crippen LogP contribution in [0.3, 0.4) is 0 Å². The molecule has 0 saturated heterocycles. The van der Waals surface area contributed by atoms with Crippen molar-refractivity contribution in [1.29, 1.82) is 0 Å². The van der Waals surface area contributed by atoms with Gasteiger partial charge in [-0.05, 0) is 30.7 Å². The largest absolute Gasteiger partial charge is 0.497 e. The zero-order valence-electron chi connectivity index (χ0n) is 13.7. The Balaban J connectivity index is 1.85. The van der Waals surface area contributed by atoms with E-state index in [2.05, 4.69) is 22.4 Å². The van der Waals surface area contributed by atoms with Gasteiger partial charge in [-0.1, -0.05) is 25.1 Å². The minimum absolute atomic E-state index is 0.0710. The highest BCUT2D eigenvalue weighted by Crippen LogP contribution is 2.18. The molecule has 1 aromatic carbocycles. The first-order valence-corrected chi connectivity index (χ1v) is 8.57. The summed E-state index contributed by atoms with van der Waals surface area (Å²) >= 11 is 1.39. The van der Waals surface area contributed by atoms with Crippen molar-refractivity contribution >= 4 is 23.4 Å². The molecule has 0 atom stereocenters. The third kappa shape index (κ3) is 4.99. The second-order valence-corrected chi connectivity index (χ2v) is 6.07. The fraction of sp³-hybridized carbons (Fsp3) is 0.438. The maximum atomic E-state index is 12.0. The number of nitrogens with one attached hydrogen (secondary N) is 1. The summed E-state index contributed by atoms with van der Waals surface area (Å²) in [6.45, 7) is 2.15. The fourth-order valence-corrected chi connectivity index (χ4v) is 2.75. The lowest BCUT2D eigenvalue weighted by Gasteiger charge is -2.06. The lowest BCUT2D eigenvalue weighted by atomic mass is 10.2. The number of nitrogens with zero attached hydrogens (tertiary/aromatic N) is 3. The predicted molar refractivity (Wildman–Crippen MR) is 92.0 cm³/mol. The smallest absolute Gasteiger partial charge is 0.234 e. The van der Waals surface area contributed by atoms with Gasteiger partial charge in [0.1, 0.15) is 11.6 Å². The first-order chi connectivity index (χ1) is 11.1. The van der Waals surface area contributed by atoms with Crippen molar-refractivity contribution in [2.24, 2.45) is 7.05 Å². The molecule has 0 radical (unpaired) electrons. The quantitative estimate of drug-likeness (QED) is 0.752. The topological polar surface area (TPSA) is 69.0 Å². The molecule has 2 rings (SSSR count). The number of rotatable bonds is 8. The fourth-order valence-electron chi connectivity index (χ4n) is 2.02. The van der Waals surface area contributed by atoms with Gasteiger partial charge in [0.05, 0.1) is 12.9 Å². The molecule has 0 unspecified atom stereocenters. The SMILES string of the molecule is CCCCc1nnc(SCC(=O)Nc2ccc(OC)cc2)n1C. The second-order valence-electron chi connectivity index (χ2n) is 5.13. The average molecular weight is 334 g/mol. The number of carbonyl (C=O) groups is 1. The van der Waals surface area contributed by atoms with E-state index in [1.165, 1.54) is 11.8 Å². The van der Waals surface area contributed by atoms with Crippen LogP contribution in [-0.2, 0) is 18.3 Å². The van der Waals surface area contributed by atoms with E-state index in [1.54, 1.807) is 7.11 Å². The highest BCUT2D eigenvalue weighted by Gasteiger charge is 2.11. The van der Waals surface area contributed by atoms with E-state index in [1.807, 2.05) is 35.9 Å². The Kier molecular flexibility index (Phi) is 6.46. The highest BCUT2D eigenvalue weighted by atomic mass is 32.2. The Hall–Kier alpha value is -2.02. The average Bonchev–Trinajstić information content (AvgIpc) is 2.92. The summed E-state index contributed by atoms with van der Waals surface area (Å²) < 4.78 is 7.05. The van der Waals surface area contributed by atoms with Crippen LogP contribution in [-0.4, -0.2) is 33.5 Å². The maximum Gasteiger partial charge on any atom is 0.234 e. The van der Waals surface area contributed by atoms with Crippen LogP contribution in [0, 0.1) is 0 Å². The van der Waals surface area contributed by atoms with E-state index >= 15 is 0 Å². The number of amides is 1. The summed E-state index contributed by atoms with van der Waals surface area (Å²) in [6, 6.07) is 7.25. The molecule has 0 spiro atoms. The van der Waals surface area contributed by atoms with Crippen LogP contribution < -0.4 is 10.1 Å². The van der Waals surface area contributed by atoms with Gasteiger partial charge in [-0.25, -0.2) is 0 Å². The molecule has 2 aromatic rings. The Morgan fingerprint density at radius 1 is 1.30 bits per heavy atom. The van der Waals surface area contributed by atoms with E-state index in [9.17, 15) is 4.79 Å². The van der Waals surface area contributed by atoms with Gasteiger partial charge in [0.25, 0.3) is 0 Å². The maximum absolute atomic E-state index is 12.0.